The van der Waals surface area contributed by atoms with Crippen LogP contribution in [0.15, 0.2) is 16.8 Å². The maximum Gasteiger partial charge on any atom is 0.225 e. The number of thiazole rings is 1. The summed E-state index contributed by atoms with van der Waals surface area (Å²) in [6, 6.07) is 2.07. The van der Waals surface area contributed by atoms with Gasteiger partial charge in [0.05, 0.1) is 22.6 Å². The molecule has 7 heteroatoms. The molecule has 0 aliphatic heterocycles. The lowest BCUT2D eigenvalue weighted by Gasteiger charge is -2.18. The van der Waals surface area contributed by atoms with Gasteiger partial charge in [-0.2, -0.15) is 4.98 Å². The van der Waals surface area contributed by atoms with E-state index in [0.29, 0.717) is 5.95 Å². The van der Waals surface area contributed by atoms with Crippen molar-refractivity contribution in [2.45, 2.75) is 13.5 Å². The Balaban J connectivity index is 1.97. The van der Waals surface area contributed by atoms with Gasteiger partial charge in [0.1, 0.15) is 10.6 Å². The standard InChI is InChI=1S/C13H15N5S2/c1-8-15-9(7-20-8)6-18(3)11-10-4-5-19-12(10)17-13(14-2)16-11/h4-5,7H,6H2,1-3H3,(H,14,16,17). The van der Waals surface area contributed by atoms with Crippen molar-refractivity contribution in [1.29, 1.82) is 0 Å². The summed E-state index contributed by atoms with van der Waals surface area (Å²) in [7, 11) is 3.87. The average molecular weight is 305 g/mol. The second-order valence-electron chi connectivity index (χ2n) is 4.47. The van der Waals surface area contributed by atoms with Crippen molar-refractivity contribution >= 4 is 44.7 Å². The largest absolute Gasteiger partial charge is 0.357 e. The maximum atomic E-state index is 4.58. The summed E-state index contributed by atoms with van der Waals surface area (Å²) in [6.45, 7) is 2.77. The van der Waals surface area contributed by atoms with Crippen LogP contribution in [0.1, 0.15) is 10.7 Å². The zero-order chi connectivity index (χ0) is 14.1. The smallest absolute Gasteiger partial charge is 0.225 e. The van der Waals surface area contributed by atoms with E-state index in [4.69, 9.17) is 0 Å². The van der Waals surface area contributed by atoms with E-state index in [1.165, 1.54) is 0 Å². The fourth-order valence-electron chi connectivity index (χ4n) is 2.04. The number of fused-ring (bicyclic) bond motifs is 1. The Morgan fingerprint density at radius 1 is 1.25 bits per heavy atom. The topological polar surface area (TPSA) is 53.9 Å². The molecule has 0 saturated carbocycles. The van der Waals surface area contributed by atoms with Crippen LogP contribution < -0.4 is 10.2 Å². The Bertz CT molecular complexity index is 733. The summed E-state index contributed by atoms with van der Waals surface area (Å²) in [5, 5.41) is 9.33. The number of nitrogens with one attached hydrogen (secondary N) is 1. The third-order valence-corrected chi connectivity index (χ3v) is 4.58. The van der Waals surface area contributed by atoms with Crippen LogP contribution in [-0.2, 0) is 6.54 Å². The minimum absolute atomic E-state index is 0.649. The van der Waals surface area contributed by atoms with Crippen molar-refractivity contribution in [3.63, 3.8) is 0 Å². The number of anilines is 2. The van der Waals surface area contributed by atoms with E-state index in [-0.39, 0.29) is 0 Å². The quantitative estimate of drug-likeness (QED) is 0.802. The van der Waals surface area contributed by atoms with E-state index in [9.17, 15) is 0 Å². The fraction of sp³-hybridized carbons (Fsp3) is 0.308. The molecule has 0 saturated heterocycles. The van der Waals surface area contributed by atoms with E-state index >= 15 is 0 Å². The normalized spacial score (nSPS) is 10.9. The molecule has 0 atom stereocenters. The van der Waals surface area contributed by atoms with E-state index < -0.39 is 0 Å². The highest BCUT2D eigenvalue weighted by molar-refractivity contribution is 7.16. The Hall–Kier alpha value is -1.73. The van der Waals surface area contributed by atoms with Gasteiger partial charge in [0.25, 0.3) is 0 Å². The molecule has 3 aromatic rings. The predicted molar refractivity (Wildman–Crippen MR) is 85.9 cm³/mol. The van der Waals surface area contributed by atoms with Gasteiger partial charge >= 0.3 is 0 Å². The summed E-state index contributed by atoms with van der Waals surface area (Å²) in [4.78, 5) is 16.7. The molecule has 0 unspecified atom stereocenters. The molecule has 3 heterocycles. The van der Waals surface area contributed by atoms with Crippen LogP contribution in [0.2, 0.25) is 0 Å². The lowest BCUT2D eigenvalue weighted by molar-refractivity contribution is 0.874. The summed E-state index contributed by atoms with van der Waals surface area (Å²) in [5.41, 5.74) is 1.07. The molecule has 0 fully saturated rings. The highest BCUT2D eigenvalue weighted by Gasteiger charge is 2.13. The summed E-state index contributed by atoms with van der Waals surface area (Å²) in [6.07, 6.45) is 0. The van der Waals surface area contributed by atoms with Gasteiger partial charge in [-0.05, 0) is 18.4 Å². The van der Waals surface area contributed by atoms with Crippen molar-refractivity contribution in [1.82, 2.24) is 15.0 Å². The van der Waals surface area contributed by atoms with E-state index in [2.05, 4.69) is 36.6 Å². The van der Waals surface area contributed by atoms with Gasteiger partial charge in [0, 0.05) is 19.5 Å². The Morgan fingerprint density at radius 2 is 2.10 bits per heavy atom. The molecule has 1 N–H and O–H groups in total. The lowest BCUT2D eigenvalue weighted by Crippen LogP contribution is -2.19. The number of thiophene rings is 1. The second kappa shape index (κ2) is 5.34. The number of hydrogen-bond donors (Lipinski definition) is 1. The monoisotopic (exact) mass is 305 g/mol. The zero-order valence-corrected chi connectivity index (χ0v) is 13.2. The van der Waals surface area contributed by atoms with Gasteiger partial charge in [-0.3, -0.25) is 0 Å². The summed E-state index contributed by atoms with van der Waals surface area (Å²) in [5.74, 6) is 1.59. The first-order valence-electron chi connectivity index (χ1n) is 6.22. The van der Waals surface area contributed by atoms with Crippen molar-refractivity contribution in [3.8, 4) is 0 Å². The number of aryl methyl sites for hydroxylation is 1. The van der Waals surface area contributed by atoms with Crippen LogP contribution >= 0.6 is 22.7 Å². The minimum Gasteiger partial charge on any atom is -0.357 e. The van der Waals surface area contributed by atoms with Crippen molar-refractivity contribution < 1.29 is 0 Å². The molecule has 3 aromatic heterocycles. The highest BCUT2D eigenvalue weighted by Crippen LogP contribution is 2.29. The Kier molecular flexibility index (Phi) is 3.54. The molecule has 5 nitrogen and oxygen atoms in total. The summed E-state index contributed by atoms with van der Waals surface area (Å²) < 4.78 is 0. The van der Waals surface area contributed by atoms with Crippen molar-refractivity contribution in [2.75, 3.05) is 24.3 Å². The highest BCUT2D eigenvalue weighted by atomic mass is 32.1. The van der Waals surface area contributed by atoms with Crippen LogP contribution in [0.5, 0.6) is 0 Å². The van der Waals surface area contributed by atoms with Crippen LogP contribution in [-0.4, -0.2) is 29.0 Å². The first-order valence-corrected chi connectivity index (χ1v) is 7.98. The third-order valence-electron chi connectivity index (χ3n) is 2.96. The summed E-state index contributed by atoms with van der Waals surface area (Å²) >= 11 is 3.30. The van der Waals surface area contributed by atoms with E-state index in [1.54, 1.807) is 22.7 Å². The van der Waals surface area contributed by atoms with Gasteiger partial charge in [-0.1, -0.05) is 0 Å². The number of nitrogens with zero attached hydrogens (tertiary/aromatic N) is 4. The molecular formula is C13H15N5S2. The molecule has 0 spiro atoms. The van der Waals surface area contributed by atoms with Gasteiger partial charge in [-0.25, -0.2) is 9.97 Å². The van der Waals surface area contributed by atoms with Gasteiger partial charge < -0.3 is 10.2 Å². The molecular weight excluding hydrogens is 290 g/mol. The Labute approximate surface area is 125 Å². The van der Waals surface area contributed by atoms with Crippen molar-refractivity contribution in [2.24, 2.45) is 0 Å². The van der Waals surface area contributed by atoms with Crippen LogP contribution in [0.4, 0.5) is 11.8 Å². The van der Waals surface area contributed by atoms with Crippen LogP contribution in [0.3, 0.4) is 0 Å². The molecule has 0 bridgehead atoms. The second-order valence-corrected chi connectivity index (χ2v) is 6.43. The number of aromatic nitrogens is 3. The molecule has 20 heavy (non-hydrogen) atoms. The maximum absolute atomic E-state index is 4.58. The molecule has 0 radical (unpaired) electrons. The first kappa shape index (κ1) is 13.3. The first-order chi connectivity index (χ1) is 9.67. The number of rotatable bonds is 4. The molecule has 0 aromatic carbocycles. The van der Waals surface area contributed by atoms with Gasteiger partial charge in [0.2, 0.25) is 5.95 Å². The third kappa shape index (κ3) is 2.46. The van der Waals surface area contributed by atoms with Crippen LogP contribution in [0.25, 0.3) is 10.2 Å². The lowest BCUT2D eigenvalue weighted by atomic mass is 10.3. The van der Waals surface area contributed by atoms with E-state index in [0.717, 1.165) is 33.3 Å². The van der Waals surface area contributed by atoms with Gasteiger partial charge in [0.15, 0.2) is 0 Å². The van der Waals surface area contributed by atoms with E-state index in [1.807, 2.05) is 26.4 Å². The molecule has 0 amide bonds. The molecule has 0 aliphatic rings. The Morgan fingerprint density at radius 3 is 2.80 bits per heavy atom. The average Bonchev–Trinajstić information content (AvgIpc) is 3.06. The van der Waals surface area contributed by atoms with Crippen LogP contribution in [0, 0.1) is 6.92 Å². The SMILES string of the molecule is CNc1nc(N(C)Cc2csc(C)n2)c2ccsc2n1. The van der Waals surface area contributed by atoms with Gasteiger partial charge in [-0.15, -0.1) is 22.7 Å². The molecule has 3 rings (SSSR count). The fourth-order valence-corrected chi connectivity index (χ4v) is 3.40. The van der Waals surface area contributed by atoms with Crippen molar-refractivity contribution in [3.05, 3.63) is 27.5 Å². The number of hydrogen-bond acceptors (Lipinski definition) is 7. The predicted octanol–water partition coefficient (Wildman–Crippen LogP) is 3.13. The molecule has 104 valence electrons. The molecule has 0 aliphatic carbocycles. The zero-order valence-electron chi connectivity index (χ0n) is 11.5. The minimum atomic E-state index is 0.649.